The molecule has 0 aromatic heterocycles. The van der Waals surface area contributed by atoms with Crippen LogP contribution < -0.4 is 10.5 Å². The SMILES string of the molecule is CCC(O)(CN)CCCOc1cccc(CO)c1. The number of benzene rings is 1. The first-order chi connectivity index (χ1) is 8.63. The molecule has 4 heteroatoms. The Labute approximate surface area is 108 Å². The maximum absolute atomic E-state index is 9.99. The van der Waals surface area contributed by atoms with E-state index in [-0.39, 0.29) is 13.2 Å². The lowest BCUT2D eigenvalue weighted by Crippen LogP contribution is -2.37. The van der Waals surface area contributed by atoms with Crippen LogP contribution in [-0.4, -0.2) is 29.0 Å². The Morgan fingerprint density at radius 1 is 1.39 bits per heavy atom. The van der Waals surface area contributed by atoms with Crippen molar-refractivity contribution in [2.75, 3.05) is 13.2 Å². The summed E-state index contributed by atoms with van der Waals surface area (Å²) in [4.78, 5) is 0. The second-order valence-electron chi connectivity index (χ2n) is 4.54. The van der Waals surface area contributed by atoms with Crippen molar-refractivity contribution in [3.05, 3.63) is 29.8 Å². The van der Waals surface area contributed by atoms with Crippen molar-refractivity contribution < 1.29 is 14.9 Å². The lowest BCUT2D eigenvalue weighted by atomic mass is 9.95. The molecule has 1 rings (SSSR count). The maximum atomic E-state index is 9.99. The quantitative estimate of drug-likeness (QED) is 0.613. The van der Waals surface area contributed by atoms with E-state index in [1.54, 1.807) is 0 Å². The van der Waals surface area contributed by atoms with E-state index in [1.165, 1.54) is 0 Å². The average molecular weight is 253 g/mol. The van der Waals surface area contributed by atoms with Gasteiger partial charge < -0.3 is 20.7 Å². The van der Waals surface area contributed by atoms with Crippen LogP contribution in [0.25, 0.3) is 0 Å². The van der Waals surface area contributed by atoms with Crippen molar-refractivity contribution in [1.29, 1.82) is 0 Å². The van der Waals surface area contributed by atoms with Crippen LogP contribution in [0.4, 0.5) is 0 Å². The first kappa shape index (κ1) is 15.0. The molecule has 0 saturated heterocycles. The Balaban J connectivity index is 2.33. The molecule has 0 fully saturated rings. The summed E-state index contributed by atoms with van der Waals surface area (Å²) < 4.78 is 5.57. The molecule has 0 radical (unpaired) electrons. The van der Waals surface area contributed by atoms with Crippen LogP contribution in [0, 0.1) is 0 Å². The summed E-state index contributed by atoms with van der Waals surface area (Å²) in [7, 11) is 0. The number of nitrogens with two attached hydrogens (primary N) is 1. The zero-order valence-corrected chi connectivity index (χ0v) is 10.9. The number of aliphatic hydroxyl groups excluding tert-OH is 1. The summed E-state index contributed by atoms with van der Waals surface area (Å²) in [5.74, 6) is 0.745. The number of rotatable bonds is 8. The molecular formula is C14H23NO3. The van der Waals surface area contributed by atoms with Crippen LogP contribution >= 0.6 is 0 Å². The molecule has 1 aromatic carbocycles. The van der Waals surface area contributed by atoms with Gasteiger partial charge in [0.05, 0.1) is 18.8 Å². The number of ether oxygens (including phenoxy) is 1. The Morgan fingerprint density at radius 2 is 2.17 bits per heavy atom. The fraction of sp³-hybridized carbons (Fsp3) is 0.571. The van der Waals surface area contributed by atoms with Gasteiger partial charge in [-0.15, -0.1) is 0 Å². The van der Waals surface area contributed by atoms with Crippen LogP contribution in [0.5, 0.6) is 5.75 Å². The van der Waals surface area contributed by atoms with Gasteiger partial charge >= 0.3 is 0 Å². The zero-order valence-electron chi connectivity index (χ0n) is 10.9. The van der Waals surface area contributed by atoms with E-state index < -0.39 is 5.60 Å². The molecule has 0 aliphatic carbocycles. The molecule has 1 unspecified atom stereocenters. The Morgan fingerprint density at radius 3 is 2.78 bits per heavy atom. The second kappa shape index (κ2) is 7.36. The second-order valence-corrected chi connectivity index (χ2v) is 4.54. The molecule has 0 aliphatic rings. The monoisotopic (exact) mass is 253 g/mol. The smallest absolute Gasteiger partial charge is 0.119 e. The topological polar surface area (TPSA) is 75.7 Å². The Kier molecular flexibility index (Phi) is 6.12. The van der Waals surface area contributed by atoms with Crippen LogP contribution in [0.1, 0.15) is 31.7 Å². The highest BCUT2D eigenvalue weighted by atomic mass is 16.5. The lowest BCUT2D eigenvalue weighted by Gasteiger charge is -2.24. The predicted octanol–water partition coefficient (Wildman–Crippen LogP) is 1.44. The molecule has 0 amide bonds. The van der Waals surface area contributed by atoms with Gasteiger partial charge in [0.25, 0.3) is 0 Å². The van der Waals surface area contributed by atoms with E-state index in [0.717, 1.165) is 17.7 Å². The van der Waals surface area contributed by atoms with Gasteiger partial charge in [-0.25, -0.2) is 0 Å². The fourth-order valence-corrected chi connectivity index (χ4v) is 1.75. The minimum Gasteiger partial charge on any atom is -0.494 e. The average Bonchev–Trinajstić information content (AvgIpc) is 2.43. The lowest BCUT2D eigenvalue weighted by molar-refractivity contribution is 0.0309. The molecule has 1 aromatic rings. The number of hydrogen-bond donors (Lipinski definition) is 3. The molecule has 0 heterocycles. The van der Waals surface area contributed by atoms with Gasteiger partial charge in [0.1, 0.15) is 5.75 Å². The van der Waals surface area contributed by atoms with Gasteiger partial charge in [-0.05, 0) is 37.0 Å². The van der Waals surface area contributed by atoms with E-state index >= 15 is 0 Å². The minimum absolute atomic E-state index is 0.0138. The van der Waals surface area contributed by atoms with Crippen LogP contribution in [-0.2, 0) is 6.61 Å². The highest BCUT2D eigenvalue weighted by molar-refractivity contribution is 5.27. The van der Waals surface area contributed by atoms with Crippen molar-refractivity contribution in [3.8, 4) is 5.75 Å². The summed E-state index contributed by atoms with van der Waals surface area (Å²) in [6.07, 6.45) is 2.05. The van der Waals surface area contributed by atoms with Gasteiger partial charge in [0.2, 0.25) is 0 Å². The Hall–Kier alpha value is -1.10. The Bertz CT molecular complexity index is 351. The highest BCUT2D eigenvalue weighted by Crippen LogP contribution is 2.17. The first-order valence-corrected chi connectivity index (χ1v) is 6.38. The molecule has 0 bridgehead atoms. The van der Waals surface area contributed by atoms with E-state index in [0.29, 0.717) is 19.4 Å². The van der Waals surface area contributed by atoms with Crippen molar-refractivity contribution in [2.45, 2.75) is 38.4 Å². The molecule has 4 nitrogen and oxygen atoms in total. The molecule has 1 atom stereocenters. The largest absolute Gasteiger partial charge is 0.494 e. The van der Waals surface area contributed by atoms with Crippen LogP contribution in [0.3, 0.4) is 0 Å². The van der Waals surface area contributed by atoms with E-state index in [2.05, 4.69) is 0 Å². The number of hydrogen-bond acceptors (Lipinski definition) is 4. The maximum Gasteiger partial charge on any atom is 0.119 e. The highest BCUT2D eigenvalue weighted by Gasteiger charge is 2.21. The standard InChI is InChI=1S/C14H23NO3/c1-2-14(17,11-15)7-4-8-18-13-6-3-5-12(9-13)10-16/h3,5-6,9,16-17H,2,4,7-8,10-11,15H2,1H3. The third-order valence-electron chi connectivity index (χ3n) is 3.17. The summed E-state index contributed by atoms with van der Waals surface area (Å²) in [5, 5.41) is 19.0. The van der Waals surface area contributed by atoms with E-state index in [4.69, 9.17) is 15.6 Å². The molecular weight excluding hydrogens is 230 g/mol. The van der Waals surface area contributed by atoms with Crippen molar-refractivity contribution >= 4 is 0 Å². The predicted molar refractivity (Wildman–Crippen MR) is 71.4 cm³/mol. The van der Waals surface area contributed by atoms with E-state index in [9.17, 15) is 5.11 Å². The third kappa shape index (κ3) is 4.64. The molecule has 0 saturated carbocycles. The molecule has 102 valence electrons. The van der Waals surface area contributed by atoms with Crippen molar-refractivity contribution in [3.63, 3.8) is 0 Å². The minimum atomic E-state index is -0.768. The summed E-state index contributed by atoms with van der Waals surface area (Å²) in [5.41, 5.74) is 5.60. The van der Waals surface area contributed by atoms with E-state index in [1.807, 2.05) is 31.2 Å². The van der Waals surface area contributed by atoms with Gasteiger partial charge in [-0.2, -0.15) is 0 Å². The molecule has 4 N–H and O–H groups in total. The summed E-state index contributed by atoms with van der Waals surface area (Å²) in [6.45, 7) is 2.76. The van der Waals surface area contributed by atoms with Gasteiger partial charge in [-0.3, -0.25) is 0 Å². The molecule has 0 spiro atoms. The zero-order chi connectivity index (χ0) is 13.4. The van der Waals surface area contributed by atoms with Gasteiger partial charge in [0.15, 0.2) is 0 Å². The summed E-state index contributed by atoms with van der Waals surface area (Å²) in [6, 6.07) is 7.36. The number of aliphatic hydroxyl groups is 2. The van der Waals surface area contributed by atoms with Crippen molar-refractivity contribution in [2.24, 2.45) is 5.73 Å². The molecule has 18 heavy (non-hydrogen) atoms. The van der Waals surface area contributed by atoms with Gasteiger partial charge in [0, 0.05) is 6.54 Å². The van der Waals surface area contributed by atoms with Crippen LogP contribution in [0.2, 0.25) is 0 Å². The molecule has 0 aliphatic heterocycles. The summed E-state index contributed by atoms with van der Waals surface area (Å²) >= 11 is 0. The van der Waals surface area contributed by atoms with Crippen LogP contribution in [0.15, 0.2) is 24.3 Å². The fourth-order valence-electron chi connectivity index (χ4n) is 1.75. The van der Waals surface area contributed by atoms with Gasteiger partial charge in [-0.1, -0.05) is 19.1 Å². The first-order valence-electron chi connectivity index (χ1n) is 6.38. The normalized spacial score (nSPS) is 14.2. The van der Waals surface area contributed by atoms with Crippen molar-refractivity contribution in [1.82, 2.24) is 0 Å². The third-order valence-corrected chi connectivity index (χ3v) is 3.17.